The minimum Gasteiger partial charge on any atom is -0.330 e. The molecule has 2 atom stereocenters. The van der Waals surface area contributed by atoms with Crippen LogP contribution in [0.25, 0.3) is 0 Å². The first kappa shape index (κ1) is 15.1. The maximum absolute atomic E-state index is 12.7. The number of hydrogen-bond acceptors (Lipinski definition) is 5. The van der Waals surface area contributed by atoms with Crippen molar-refractivity contribution in [3.63, 3.8) is 0 Å². The first-order valence-corrected chi connectivity index (χ1v) is 8.58. The van der Waals surface area contributed by atoms with Crippen molar-refractivity contribution >= 4 is 10.0 Å². The van der Waals surface area contributed by atoms with Crippen molar-refractivity contribution in [1.29, 1.82) is 0 Å². The first-order valence-electron chi connectivity index (χ1n) is 7.14. The molecule has 1 aromatic heterocycles. The largest absolute Gasteiger partial charge is 0.330 e. The molecule has 3 rings (SSSR count). The van der Waals surface area contributed by atoms with Crippen molar-refractivity contribution in [2.24, 2.45) is 18.7 Å². The molecule has 0 bridgehead atoms. The van der Waals surface area contributed by atoms with Gasteiger partial charge in [-0.2, -0.15) is 4.31 Å². The number of aryl methyl sites for hydroxylation is 1. The highest BCUT2D eigenvalue weighted by Crippen LogP contribution is 2.34. The van der Waals surface area contributed by atoms with E-state index in [-0.39, 0.29) is 16.9 Å². The summed E-state index contributed by atoms with van der Waals surface area (Å²) >= 11 is 0. The van der Waals surface area contributed by atoms with Gasteiger partial charge in [0.25, 0.3) is 10.0 Å². The van der Waals surface area contributed by atoms with E-state index in [1.165, 1.54) is 15.2 Å². The summed E-state index contributed by atoms with van der Waals surface area (Å²) in [5.41, 5.74) is 6.99. The van der Waals surface area contributed by atoms with Crippen LogP contribution in [0.1, 0.15) is 11.5 Å². The topological polar surface area (TPSA) is 94.1 Å². The quantitative estimate of drug-likeness (QED) is 0.867. The third-order valence-electron chi connectivity index (χ3n) is 4.22. The molecule has 0 unspecified atom stereocenters. The summed E-state index contributed by atoms with van der Waals surface area (Å²) in [4.78, 5) is 0. The van der Waals surface area contributed by atoms with E-state index in [9.17, 15) is 8.42 Å². The fourth-order valence-corrected chi connectivity index (χ4v) is 4.55. The molecule has 8 heteroatoms. The van der Waals surface area contributed by atoms with Gasteiger partial charge in [0.1, 0.15) is 0 Å². The molecular weight excluding hydrogens is 302 g/mol. The predicted molar refractivity (Wildman–Crippen MR) is 81.5 cm³/mol. The molecule has 2 aromatic rings. The van der Waals surface area contributed by atoms with Crippen molar-refractivity contribution < 1.29 is 8.42 Å². The molecule has 2 heterocycles. The van der Waals surface area contributed by atoms with Crippen LogP contribution < -0.4 is 5.73 Å². The maximum Gasteiger partial charge on any atom is 0.261 e. The predicted octanol–water partition coefficient (Wildman–Crippen LogP) is 0.178. The molecule has 118 valence electrons. The van der Waals surface area contributed by atoms with Crippen LogP contribution in [0.2, 0.25) is 0 Å². The average molecular weight is 321 g/mol. The monoisotopic (exact) mass is 321 g/mol. The number of hydrogen-bond donors (Lipinski definition) is 1. The SMILES string of the molecule is Cn1nncc1S(=O)(=O)N1C[C@@H](CN)[C@H](c2ccccc2)C1. The van der Waals surface area contributed by atoms with Gasteiger partial charge in [-0.05, 0) is 18.0 Å². The zero-order chi connectivity index (χ0) is 15.7. The number of nitrogens with two attached hydrogens (primary N) is 1. The van der Waals surface area contributed by atoms with Gasteiger partial charge in [-0.1, -0.05) is 35.5 Å². The highest BCUT2D eigenvalue weighted by Gasteiger charge is 2.40. The van der Waals surface area contributed by atoms with Crippen LogP contribution in [0, 0.1) is 5.92 Å². The van der Waals surface area contributed by atoms with E-state index >= 15 is 0 Å². The van der Waals surface area contributed by atoms with E-state index in [4.69, 9.17) is 5.73 Å². The lowest BCUT2D eigenvalue weighted by Gasteiger charge is -2.16. The summed E-state index contributed by atoms with van der Waals surface area (Å²) in [6.07, 6.45) is 1.28. The molecule has 0 saturated carbocycles. The number of sulfonamides is 1. The normalized spacial score (nSPS) is 23.0. The molecule has 0 radical (unpaired) electrons. The molecule has 1 fully saturated rings. The summed E-state index contributed by atoms with van der Waals surface area (Å²) in [6, 6.07) is 9.92. The van der Waals surface area contributed by atoms with Crippen molar-refractivity contribution in [1.82, 2.24) is 19.3 Å². The van der Waals surface area contributed by atoms with Gasteiger partial charge in [0, 0.05) is 26.1 Å². The highest BCUT2D eigenvalue weighted by molar-refractivity contribution is 7.89. The smallest absolute Gasteiger partial charge is 0.261 e. The fraction of sp³-hybridized carbons (Fsp3) is 0.429. The molecule has 0 spiro atoms. The van der Waals surface area contributed by atoms with Crippen LogP contribution >= 0.6 is 0 Å². The minimum atomic E-state index is -3.59. The standard InChI is InChI=1S/C14H19N5O2S/c1-18-14(8-16-17-18)22(20,21)19-9-12(7-15)13(10-19)11-5-3-2-4-6-11/h2-6,8,12-13H,7,9-10,15H2,1H3/t12-,13+/m1/s1. The Labute approximate surface area is 129 Å². The van der Waals surface area contributed by atoms with Crippen LogP contribution in [0.5, 0.6) is 0 Å². The van der Waals surface area contributed by atoms with E-state index in [0.717, 1.165) is 5.56 Å². The molecule has 2 N–H and O–H groups in total. The van der Waals surface area contributed by atoms with Crippen molar-refractivity contribution in [2.75, 3.05) is 19.6 Å². The van der Waals surface area contributed by atoms with Gasteiger partial charge in [-0.15, -0.1) is 5.10 Å². The Morgan fingerprint density at radius 1 is 1.27 bits per heavy atom. The Kier molecular flexibility index (Phi) is 3.98. The zero-order valence-corrected chi connectivity index (χ0v) is 13.1. The lowest BCUT2D eigenvalue weighted by molar-refractivity contribution is 0.450. The second-order valence-electron chi connectivity index (χ2n) is 5.53. The summed E-state index contributed by atoms with van der Waals surface area (Å²) < 4.78 is 28.2. The summed E-state index contributed by atoms with van der Waals surface area (Å²) in [7, 11) is -2.02. The van der Waals surface area contributed by atoms with Gasteiger partial charge in [0.2, 0.25) is 0 Å². The Hall–Kier alpha value is -1.77. The van der Waals surface area contributed by atoms with Crippen LogP contribution in [0.4, 0.5) is 0 Å². The van der Waals surface area contributed by atoms with Crippen LogP contribution in [-0.4, -0.2) is 47.4 Å². The van der Waals surface area contributed by atoms with Crippen LogP contribution in [-0.2, 0) is 17.1 Å². The Bertz CT molecular complexity index is 744. The van der Waals surface area contributed by atoms with Gasteiger partial charge in [0.15, 0.2) is 5.03 Å². The van der Waals surface area contributed by atoms with Gasteiger partial charge in [-0.3, -0.25) is 0 Å². The number of aromatic nitrogens is 3. The van der Waals surface area contributed by atoms with Crippen molar-refractivity contribution in [2.45, 2.75) is 10.9 Å². The van der Waals surface area contributed by atoms with Crippen LogP contribution in [0.15, 0.2) is 41.6 Å². The first-order chi connectivity index (χ1) is 10.5. The third-order valence-corrected chi connectivity index (χ3v) is 6.09. The Morgan fingerprint density at radius 3 is 2.59 bits per heavy atom. The van der Waals surface area contributed by atoms with Crippen molar-refractivity contribution in [3.05, 3.63) is 42.1 Å². The maximum atomic E-state index is 12.7. The summed E-state index contributed by atoms with van der Waals surface area (Å²) in [5, 5.41) is 7.47. The van der Waals surface area contributed by atoms with Gasteiger partial charge >= 0.3 is 0 Å². The van der Waals surface area contributed by atoms with E-state index in [1.807, 2.05) is 30.3 Å². The Morgan fingerprint density at radius 2 is 2.00 bits per heavy atom. The lowest BCUT2D eigenvalue weighted by atomic mass is 9.89. The lowest BCUT2D eigenvalue weighted by Crippen LogP contribution is -2.31. The molecule has 1 aliphatic rings. The van der Waals surface area contributed by atoms with Crippen molar-refractivity contribution in [3.8, 4) is 0 Å². The molecule has 1 aromatic carbocycles. The molecule has 1 aliphatic heterocycles. The van der Waals surface area contributed by atoms with Gasteiger partial charge in [0.05, 0.1) is 6.20 Å². The van der Waals surface area contributed by atoms with E-state index in [0.29, 0.717) is 19.6 Å². The molecule has 7 nitrogen and oxygen atoms in total. The summed E-state index contributed by atoms with van der Waals surface area (Å²) in [6.45, 7) is 1.30. The average Bonchev–Trinajstić information content (AvgIpc) is 3.14. The molecule has 0 aliphatic carbocycles. The van der Waals surface area contributed by atoms with Gasteiger partial charge in [-0.25, -0.2) is 13.1 Å². The minimum absolute atomic E-state index is 0.108. The third kappa shape index (κ3) is 2.53. The molecule has 22 heavy (non-hydrogen) atoms. The molecular formula is C14H19N5O2S. The van der Waals surface area contributed by atoms with Crippen LogP contribution in [0.3, 0.4) is 0 Å². The Balaban J connectivity index is 1.90. The second-order valence-corrected chi connectivity index (χ2v) is 7.42. The number of benzene rings is 1. The van der Waals surface area contributed by atoms with E-state index in [1.54, 1.807) is 7.05 Å². The second kappa shape index (κ2) is 5.79. The summed E-state index contributed by atoms with van der Waals surface area (Å²) in [5.74, 6) is 0.223. The van der Waals surface area contributed by atoms with E-state index in [2.05, 4.69) is 10.3 Å². The highest BCUT2D eigenvalue weighted by atomic mass is 32.2. The fourth-order valence-electron chi connectivity index (χ4n) is 2.99. The zero-order valence-electron chi connectivity index (χ0n) is 12.3. The number of rotatable bonds is 4. The molecule has 0 amide bonds. The molecule has 1 saturated heterocycles. The number of nitrogens with zero attached hydrogens (tertiary/aromatic N) is 4. The van der Waals surface area contributed by atoms with Gasteiger partial charge < -0.3 is 5.73 Å². The van der Waals surface area contributed by atoms with E-state index < -0.39 is 10.0 Å².